The second-order valence-electron chi connectivity index (χ2n) is 6.00. The van der Waals surface area contributed by atoms with Gasteiger partial charge in [0.05, 0.1) is 0 Å². The topological polar surface area (TPSA) is 29.3 Å². The minimum Gasteiger partial charge on any atom is -0.329 e. The summed E-state index contributed by atoms with van der Waals surface area (Å²) in [4.78, 5) is 2.57. The molecule has 1 aromatic rings. The molecule has 0 radical (unpaired) electrons. The van der Waals surface area contributed by atoms with Crippen LogP contribution in [0.15, 0.2) is 18.2 Å². The zero-order valence-corrected chi connectivity index (χ0v) is 12.7. The van der Waals surface area contributed by atoms with E-state index in [-0.39, 0.29) is 0 Å². The predicted octanol–water partition coefficient (Wildman–Crippen LogP) is 3.43. The Balaban J connectivity index is 2.15. The molecule has 0 aliphatic heterocycles. The number of nitrogens with two attached hydrogens (primary N) is 1. The highest BCUT2D eigenvalue weighted by molar-refractivity contribution is 5.33. The average molecular weight is 260 g/mol. The van der Waals surface area contributed by atoms with Gasteiger partial charge in [0, 0.05) is 19.1 Å². The normalized spacial score (nSPS) is 17.5. The summed E-state index contributed by atoms with van der Waals surface area (Å²) in [6.45, 7) is 9.63. The van der Waals surface area contributed by atoms with Crippen LogP contribution in [-0.4, -0.2) is 24.5 Å². The molecule has 106 valence electrons. The third kappa shape index (κ3) is 3.37. The molecular weight excluding hydrogens is 232 g/mol. The number of hydrogen-bond acceptors (Lipinski definition) is 2. The first-order chi connectivity index (χ1) is 9.15. The first-order valence-electron chi connectivity index (χ1n) is 7.67. The maximum Gasteiger partial charge on any atom is 0.0473 e. The average Bonchev–Trinajstić information content (AvgIpc) is 2.33. The minimum atomic E-state index is 0.381. The molecule has 1 aliphatic rings. The third-order valence-corrected chi connectivity index (χ3v) is 4.57. The Morgan fingerprint density at radius 3 is 2.53 bits per heavy atom. The molecule has 0 spiro atoms. The van der Waals surface area contributed by atoms with E-state index in [4.69, 9.17) is 5.73 Å². The van der Waals surface area contributed by atoms with Crippen LogP contribution >= 0.6 is 0 Å². The first kappa shape index (κ1) is 14.5. The fourth-order valence-corrected chi connectivity index (χ4v) is 3.16. The Labute approximate surface area is 118 Å². The standard InChI is InChI=1S/C17H28N2/c1-4-19(12-15-6-5-7-15)17(11-18)16-9-8-13(2)10-14(16)3/h8-10,15,17H,4-7,11-12,18H2,1-3H3. The summed E-state index contributed by atoms with van der Waals surface area (Å²) in [5.41, 5.74) is 10.2. The summed E-state index contributed by atoms with van der Waals surface area (Å²) >= 11 is 0. The van der Waals surface area contributed by atoms with Crippen molar-refractivity contribution in [1.29, 1.82) is 0 Å². The fraction of sp³-hybridized carbons (Fsp3) is 0.647. The lowest BCUT2D eigenvalue weighted by Gasteiger charge is -2.37. The Hall–Kier alpha value is -0.860. The second kappa shape index (κ2) is 6.53. The van der Waals surface area contributed by atoms with Crippen molar-refractivity contribution in [2.75, 3.05) is 19.6 Å². The lowest BCUT2D eigenvalue weighted by atomic mass is 9.84. The summed E-state index contributed by atoms with van der Waals surface area (Å²) in [5.74, 6) is 0.903. The summed E-state index contributed by atoms with van der Waals surface area (Å²) in [6.07, 6.45) is 4.22. The van der Waals surface area contributed by atoms with Gasteiger partial charge < -0.3 is 5.73 Å². The van der Waals surface area contributed by atoms with E-state index in [9.17, 15) is 0 Å². The second-order valence-corrected chi connectivity index (χ2v) is 6.00. The molecule has 2 heteroatoms. The molecule has 2 nitrogen and oxygen atoms in total. The van der Waals surface area contributed by atoms with E-state index < -0.39 is 0 Å². The molecular formula is C17H28N2. The van der Waals surface area contributed by atoms with Gasteiger partial charge in [-0.15, -0.1) is 0 Å². The van der Waals surface area contributed by atoms with Gasteiger partial charge in [0.25, 0.3) is 0 Å². The van der Waals surface area contributed by atoms with E-state index in [0.29, 0.717) is 12.6 Å². The van der Waals surface area contributed by atoms with Crippen LogP contribution in [-0.2, 0) is 0 Å². The predicted molar refractivity (Wildman–Crippen MR) is 82.3 cm³/mol. The molecule has 2 N–H and O–H groups in total. The molecule has 19 heavy (non-hydrogen) atoms. The summed E-state index contributed by atoms with van der Waals surface area (Å²) in [7, 11) is 0. The molecule has 0 amide bonds. The highest BCUT2D eigenvalue weighted by Crippen LogP contribution is 2.31. The van der Waals surface area contributed by atoms with Crippen molar-refractivity contribution in [1.82, 2.24) is 4.90 Å². The number of aryl methyl sites for hydroxylation is 2. The molecule has 1 aliphatic carbocycles. The molecule has 1 aromatic carbocycles. The van der Waals surface area contributed by atoms with Crippen LogP contribution in [0.4, 0.5) is 0 Å². The van der Waals surface area contributed by atoms with Crippen LogP contribution in [0.5, 0.6) is 0 Å². The summed E-state index contributed by atoms with van der Waals surface area (Å²) in [5, 5.41) is 0. The van der Waals surface area contributed by atoms with Crippen molar-refractivity contribution in [2.24, 2.45) is 11.7 Å². The summed E-state index contributed by atoms with van der Waals surface area (Å²) in [6, 6.07) is 7.13. The van der Waals surface area contributed by atoms with Crippen LogP contribution in [0.1, 0.15) is 48.9 Å². The lowest BCUT2D eigenvalue weighted by molar-refractivity contribution is 0.141. The zero-order chi connectivity index (χ0) is 13.8. The van der Waals surface area contributed by atoms with Gasteiger partial charge in [0.2, 0.25) is 0 Å². The highest BCUT2D eigenvalue weighted by atomic mass is 15.2. The summed E-state index contributed by atoms with van der Waals surface area (Å²) < 4.78 is 0. The number of benzene rings is 1. The van der Waals surface area contributed by atoms with Gasteiger partial charge in [-0.3, -0.25) is 4.90 Å². The highest BCUT2D eigenvalue weighted by Gasteiger charge is 2.25. The fourth-order valence-electron chi connectivity index (χ4n) is 3.16. The smallest absolute Gasteiger partial charge is 0.0473 e. The minimum absolute atomic E-state index is 0.381. The Morgan fingerprint density at radius 2 is 2.05 bits per heavy atom. The molecule has 0 bridgehead atoms. The molecule has 0 saturated heterocycles. The van der Waals surface area contributed by atoms with Crippen LogP contribution < -0.4 is 5.73 Å². The van der Waals surface area contributed by atoms with E-state index in [0.717, 1.165) is 12.5 Å². The zero-order valence-electron chi connectivity index (χ0n) is 12.7. The largest absolute Gasteiger partial charge is 0.329 e. The molecule has 1 fully saturated rings. The number of likely N-dealkylation sites (N-methyl/N-ethyl adjacent to an activating group) is 1. The van der Waals surface area contributed by atoms with Crippen LogP contribution in [0.2, 0.25) is 0 Å². The molecule has 0 aromatic heterocycles. The van der Waals surface area contributed by atoms with E-state index in [1.165, 1.54) is 42.5 Å². The van der Waals surface area contributed by atoms with Crippen molar-refractivity contribution in [3.05, 3.63) is 34.9 Å². The van der Waals surface area contributed by atoms with Gasteiger partial charge in [-0.2, -0.15) is 0 Å². The van der Waals surface area contributed by atoms with Crippen molar-refractivity contribution in [3.8, 4) is 0 Å². The van der Waals surface area contributed by atoms with Gasteiger partial charge in [-0.05, 0) is 50.3 Å². The first-order valence-corrected chi connectivity index (χ1v) is 7.67. The number of rotatable bonds is 6. The number of hydrogen-bond donors (Lipinski definition) is 1. The maximum absolute atomic E-state index is 6.08. The molecule has 1 saturated carbocycles. The molecule has 1 atom stereocenters. The SMILES string of the molecule is CCN(CC1CCC1)C(CN)c1ccc(C)cc1C. The van der Waals surface area contributed by atoms with E-state index in [1.54, 1.807) is 0 Å². The van der Waals surface area contributed by atoms with Crippen molar-refractivity contribution >= 4 is 0 Å². The molecule has 1 unspecified atom stereocenters. The molecule has 2 rings (SSSR count). The van der Waals surface area contributed by atoms with Crippen molar-refractivity contribution < 1.29 is 0 Å². The molecule has 0 heterocycles. The van der Waals surface area contributed by atoms with Gasteiger partial charge in [-0.25, -0.2) is 0 Å². The Morgan fingerprint density at radius 1 is 1.32 bits per heavy atom. The van der Waals surface area contributed by atoms with Crippen molar-refractivity contribution in [2.45, 2.75) is 46.1 Å². The van der Waals surface area contributed by atoms with Crippen LogP contribution in [0.3, 0.4) is 0 Å². The maximum atomic E-state index is 6.08. The lowest BCUT2D eigenvalue weighted by Crippen LogP contribution is -2.39. The van der Waals surface area contributed by atoms with Gasteiger partial charge in [-0.1, -0.05) is 37.1 Å². The van der Waals surface area contributed by atoms with Gasteiger partial charge in [0.1, 0.15) is 0 Å². The Bertz CT molecular complexity index is 410. The number of nitrogens with zero attached hydrogens (tertiary/aromatic N) is 1. The third-order valence-electron chi connectivity index (χ3n) is 4.57. The van der Waals surface area contributed by atoms with Crippen molar-refractivity contribution in [3.63, 3.8) is 0 Å². The van der Waals surface area contributed by atoms with E-state index in [2.05, 4.69) is 43.9 Å². The Kier molecular flexibility index (Phi) is 5.00. The van der Waals surface area contributed by atoms with Crippen LogP contribution in [0, 0.1) is 19.8 Å². The van der Waals surface area contributed by atoms with Gasteiger partial charge >= 0.3 is 0 Å². The van der Waals surface area contributed by atoms with E-state index in [1.807, 2.05) is 0 Å². The van der Waals surface area contributed by atoms with Crippen LogP contribution in [0.25, 0.3) is 0 Å². The quantitative estimate of drug-likeness (QED) is 0.849. The van der Waals surface area contributed by atoms with E-state index >= 15 is 0 Å². The van der Waals surface area contributed by atoms with Gasteiger partial charge in [0.15, 0.2) is 0 Å². The monoisotopic (exact) mass is 260 g/mol.